The van der Waals surface area contributed by atoms with Gasteiger partial charge in [0.2, 0.25) is 0 Å². The van der Waals surface area contributed by atoms with E-state index in [0.717, 1.165) is 16.9 Å². The van der Waals surface area contributed by atoms with Crippen LogP contribution in [-0.4, -0.2) is 12.9 Å². The lowest BCUT2D eigenvalue weighted by Gasteiger charge is -2.28. The third kappa shape index (κ3) is 3.00. The average Bonchev–Trinajstić information content (AvgIpc) is 2.81. The predicted molar refractivity (Wildman–Crippen MR) is 94.4 cm³/mol. The van der Waals surface area contributed by atoms with E-state index in [4.69, 9.17) is 23.2 Å². The number of rotatable bonds is 4. The molecule has 0 radical (unpaired) electrons. The molecule has 2 nitrogen and oxygen atoms in total. The van der Waals surface area contributed by atoms with E-state index in [2.05, 4.69) is 20.7 Å². The van der Waals surface area contributed by atoms with Gasteiger partial charge in [0.05, 0.1) is 29.6 Å². The zero-order valence-corrected chi connectivity index (χ0v) is 14.3. The normalized spacial score (nSPS) is 15.1. The van der Waals surface area contributed by atoms with Gasteiger partial charge in [0.15, 0.2) is 0 Å². The number of para-hydroxylation sites is 2. The van der Waals surface area contributed by atoms with Gasteiger partial charge in [0.1, 0.15) is 5.82 Å². The molecule has 0 amide bonds. The van der Waals surface area contributed by atoms with Crippen molar-refractivity contribution in [3.8, 4) is 0 Å². The molecule has 0 bridgehead atoms. The lowest BCUT2D eigenvalue weighted by molar-refractivity contribution is 0.618. The molecule has 0 aromatic heterocycles. The highest BCUT2D eigenvalue weighted by molar-refractivity contribution is 8.02. The summed E-state index contributed by atoms with van der Waals surface area (Å²) in [5, 5.41) is 0.403. The van der Waals surface area contributed by atoms with Crippen LogP contribution in [-0.2, 0) is 0 Å². The summed E-state index contributed by atoms with van der Waals surface area (Å²) in [4.78, 5) is 0. The molecule has 0 aliphatic carbocycles. The summed E-state index contributed by atoms with van der Waals surface area (Å²) in [7, 11) is 2.01. The second kappa shape index (κ2) is 6.57. The van der Waals surface area contributed by atoms with Crippen LogP contribution < -0.4 is 8.61 Å². The molecule has 0 fully saturated rings. The largest absolute Gasteiger partial charge is 0.300 e. The van der Waals surface area contributed by atoms with Crippen molar-refractivity contribution < 1.29 is 4.39 Å². The number of nitrogens with zero attached hydrogens (tertiary/aromatic N) is 2. The highest BCUT2D eigenvalue weighted by atomic mass is 35.5. The van der Waals surface area contributed by atoms with Gasteiger partial charge in [-0.3, -0.25) is 8.61 Å². The number of hydrogen-bond donors (Lipinski definition) is 0. The minimum Gasteiger partial charge on any atom is -0.300 e. The summed E-state index contributed by atoms with van der Waals surface area (Å²) in [5.74, 6) is 0.162. The van der Waals surface area contributed by atoms with Crippen molar-refractivity contribution in [1.82, 2.24) is 0 Å². The number of benzene rings is 2. The molecule has 0 spiro atoms. The zero-order chi connectivity index (χ0) is 15.7. The third-order valence-corrected chi connectivity index (χ3v) is 5.11. The highest BCUT2D eigenvalue weighted by Gasteiger charge is 2.31. The second-order valence-corrected chi connectivity index (χ2v) is 7.01. The maximum absolute atomic E-state index is 13.7. The van der Waals surface area contributed by atoms with Crippen molar-refractivity contribution in [2.45, 2.75) is 12.5 Å². The molecular weight excluding hydrogens is 342 g/mol. The van der Waals surface area contributed by atoms with Gasteiger partial charge in [-0.15, -0.1) is 11.6 Å². The van der Waals surface area contributed by atoms with Gasteiger partial charge in [-0.05, 0) is 42.3 Å². The summed E-state index contributed by atoms with van der Waals surface area (Å²) < 4.78 is 18.0. The molecule has 1 aliphatic rings. The van der Waals surface area contributed by atoms with Crippen LogP contribution in [0.1, 0.15) is 18.0 Å². The summed E-state index contributed by atoms with van der Waals surface area (Å²) in [6, 6.07) is 12.8. The Morgan fingerprint density at radius 3 is 2.59 bits per heavy atom. The van der Waals surface area contributed by atoms with E-state index in [1.165, 1.54) is 12.1 Å². The number of hydrogen-bond acceptors (Lipinski definition) is 3. The number of alkyl halides is 1. The molecule has 2 aromatic rings. The van der Waals surface area contributed by atoms with Crippen LogP contribution in [0.4, 0.5) is 15.8 Å². The van der Waals surface area contributed by atoms with Gasteiger partial charge in [-0.2, -0.15) is 0 Å². The Labute approximate surface area is 144 Å². The van der Waals surface area contributed by atoms with Gasteiger partial charge < -0.3 is 0 Å². The number of halogens is 3. The molecule has 1 atom stereocenters. The molecule has 116 valence electrons. The average molecular weight is 357 g/mol. The standard InChI is InChI=1S/C16H15Cl2FN2S/c1-20-15-4-2-3-5-16(15)21(22-20)14(6-7-17)11-8-12(18)10-13(19)9-11/h2-5,8-10,14H,6-7H2,1H3. The molecule has 1 heterocycles. The van der Waals surface area contributed by atoms with Crippen LogP contribution in [0.15, 0.2) is 42.5 Å². The highest BCUT2D eigenvalue weighted by Crippen LogP contribution is 2.49. The van der Waals surface area contributed by atoms with Gasteiger partial charge >= 0.3 is 0 Å². The van der Waals surface area contributed by atoms with Gasteiger partial charge in [0.25, 0.3) is 0 Å². The van der Waals surface area contributed by atoms with Crippen LogP contribution >= 0.6 is 35.3 Å². The van der Waals surface area contributed by atoms with Crippen molar-refractivity contribution in [3.05, 3.63) is 58.9 Å². The monoisotopic (exact) mass is 356 g/mol. The minimum atomic E-state index is -0.326. The van der Waals surface area contributed by atoms with Crippen molar-refractivity contribution in [2.24, 2.45) is 0 Å². The fourth-order valence-corrected chi connectivity index (χ4v) is 4.18. The van der Waals surface area contributed by atoms with E-state index in [1.807, 2.05) is 25.2 Å². The van der Waals surface area contributed by atoms with Crippen LogP contribution in [0.25, 0.3) is 0 Å². The second-order valence-electron chi connectivity index (χ2n) is 5.09. The van der Waals surface area contributed by atoms with Crippen LogP contribution in [0.2, 0.25) is 5.02 Å². The van der Waals surface area contributed by atoms with Crippen molar-refractivity contribution >= 4 is 46.7 Å². The summed E-state index contributed by atoms with van der Waals surface area (Å²) in [6.07, 6.45) is 0.705. The van der Waals surface area contributed by atoms with Crippen molar-refractivity contribution in [2.75, 3.05) is 21.5 Å². The van der Waals surface area contributed by atoms with E-state index in [9.17, 15) is 4.39 Å². The van der Waals surface area contributed by atoms with E-state index >= 15 is 0 Å². The quantitative estimate of drug-likeness (QED) is 0.514. The van der Waals surface area contributed by atoms with E-state index in [0.29, 0.717) is 17.3 Å². The van der Waals surface area contributed by atoms with Crippen LogP contribution in [0.5, 0.6) is 0 Å². The van der Waals surface area contributed by atoms with E-state index in [1.54, 1.807) is 12.1 Å². The first kappa shape index (κ1) is 15.8. The summed E-state index contributed by atoms with van der Waals surface area (Å²) in [5.41, 5.74) is 3.07. The van der Waals surface area contributed by atoms with Gasteiger partial charge in [-0.25, -0.2) is 4.39 Å². The molecule has 0 saturated heterocycles. The smallest absolute Gasteiger partial charge is 0.125 e. The Morgan fingerprint density at radius 1 is 1.18 bits per heavy atom. The zero-order valence-electron chi connectivity index (χ0n) is 12.0. The van der Waals surface area contributed by atoms with Crippen LogP contribution in [0.3, 0.4) is 0 Å². The number of fused-ring (bicyclic) bond motifs is 1. The molecule has 1 unspecified atom stereocenters. The Bertz CT molecular complexity index is 663. The SMILES string of the molecule is CN1SN(C(CCCl)c2cc(F)cc(Cl)c2)c2ccccc21. The Kier molecular flexibility index (Phi) is 4.71. The molecule has 0 N–H and O–H groups in total. The molecule has 3 rings (SSSR count). The first-order valence-corrected chi connectivity index (χ1v) is 8.56. The molecule has 0 saturated carbocycles. The minimum absolute atomic E-state index is 0.0400. The predicted octanol–water partition coefficient (Wildman–Crippen LogP) is 5.67. The van der Waals surface area contributed by atoms with Crippen LogP contribution in [0, 0.1) is 5.82 Å². The first-order chi connectivity index (χ1) is 10.6. The van der Waals surface area contributed by atoms with Gasteiger partial charge in [0, 0.05) is 18.0 Å². The maximum Gasteiger partial charge on any atom is 0.125 e. The Balaban J connectivity index is 2.02. The fraction of sp³-hybridized carbons (Fsp3) is 0.250. The lowest BCUT2D eigenvalue weighted by atomic mass is 10.0. The maximum atomic E-state index is 13.7. The van der Waals surface area contributed by atoms with Crippen molar-refractivity contribution in [3.63, 3.8) is 0 Å². The van der Waals surface area contributed by atoms with Crippen molar-refractivity contribution in [1.29, 1.82) is 0 Å². The topological polar surface area (TPSA) is 6.48 Å². The third-order valence-electron chi connectivity index (χ3n) is 3.60. The lowest BCUT2D eigenvalue weighted by Crippen LogP contribution is -2.21. The van der Waals surface area contributed by atoms with Gasteiger partial charge in [-0.1, -0.05) is 23.7 Å². The molecule has 6 heteroatoms. The Morgan fingerprint density at radius 2 is 1.91 bits per heavy atom. The molecule has 1 aliphatic heterocycles. The summed E-state index contributed by atoms with van der Waals surface area (Å²) in [6.45, 7) is 0. The molecular formula is C16H15Cl2FN2S. The van der Waals surface area contributed by atoms with E-state index in [-0.39, 0.29) is 11.9 Å². The Hall–Kier alpha value is -1.10. The molecule has 2 aromatic carbocycles. The fourth-order valence-electron chi connectivity index (χ4n) is 2.65. The van der Waals surface area contributed by atoms with E-state index < -0.39 is 0 Å². The first-order valence-electron chi connectivity index (χ1n) is 6.92. The summed E-state index contributed by atoms with van der Waals surface area (Å²) >= 11 is 13.6. The molecule has 22 heavy (non-hydrogen) atoms. The number of anilines is 2.